The predicted octanol–water partition coefficient (Wildman–Crippen LogP) is 5.01. The van der Waals surface area contributed by atoms with Crippen LogP contribution in [-0.2, 0) is 16.1 Å². The quantitative estimate of drug-likeness (QED) is 0.553. The van der Waals surface area contributed by atoms with Crippen molar-refractivity contribution in [1.82, 2.24) is 10.3 Å². The summed E-state index contributed by atoms with van der Waals surface area (Å²) in [5.74, 6) is 0.0257. The fourth-order valence-corrected chi connectivity index (χ4v) is 5.12. The standard InChI is InChI=1S/C29H30N4O2/c1-29(2)16-23-27(25(34)17-29)28(21-8-4-3-5-9-21)33(24-11-7-6-10-22(24)32-23)19-26(35)31-18-20-12-14-30-15-13-20/h3-15,28,32H,16-19H2,1-2H3,(H,31,35)/t28-/m0/s1. The topological polar surface area (TPSA) is 74.3 Å². The minimum atomic E-state index is -0.363. The fraction of sp³-hybridized carbons (Fsp3) is 0.276. The molecule has 178 valence electrons. The van der Waals surface area contributed by atoms with Gasteiger partial charge in [-0.15, -0.1) is 0 Å². The van der Waals surface area contributed by atoms with Crippen molar-refractivity contribution in [3.63, 3.8) is 0 Å². The van der Waals surface area contributed by atoms with Crippen LogP contribution in [0.1, 0.15) is 43.9 Å². The van der Waals surface area contributed by atoms with Crippen LogP contribution in [0.15, 0.2) is 90.4 Å². The lowest BCUT2D eigenvalue weighted by atomic mass is 9.73. The Morgan fingerprint density at radius 1 is 1.03 bits per heavy atom. The van der Waals surface area contributed by atoms with Gasteiger partial charge in [-0.2, -0.15) is 0 Å². The molecule has 1 atom stereocenters. The highest BCUT2D eigenvalue weighted by atomic mass is 16.2. The maximum absolute atomic E-state index is 13.6. The van der Waals surface area contributed by atoms with E-state index in [1.165, 1.54) is 0 Å². The average Bonchev–Trinajstić information content (AvgIpc) is 2.98. The molecule has 0 unspecified atom stereocenters. The molecule has 35 heavy (non-hydrogen) atoms. The highest BCUT2D eigenvalue weighted by molar-refractivity contribution is 6.01. The Kier molecular flexibility index (Phi) is 6.12. The summed E-state index contributed by atoms with van der Waals surface area (Å²) < 4.78 is 0. The Balaban J connectivity index is 1.57. The maximum Gasteiger partial charge on any atom is 0.239 e. The van der Waals surface area contributed by atoms with Crippen molar-refractivity contribution >= 4 is 23.1 Å². The predicted molar refractivity (Wildman–Crippen MR) is 138 cm³/mol. The number of carbonyl (C=O) groups is 2. The summed E-state index contributed by atoms with van der Waals surface area (Å²) in [6.07, 6.45) is 4.69. The molecule has 0 saturated heterocycles. The Hall–Kier alpha value is -3.93. The van der Waals surface area contributed by atoms with E-state index in [0.29, 0.717) is 13.0 Å². The highest BCUT2D eigenvalue weighted by Gasteiger charge is 2.41. The number of nitrogens with one attached hydrogen (secondary N) is 2. The molecule has 2 N–H and O–H groups in total. The number of hydrogen-bond acceptors (Lipinski definition) is 5. The first-order chi connectivity index (χ1) is 16.9. The number of benzene rings is 2. The van der Waals surface area contributed by atoms with Crippen molar-refractivity contribution in [2.45, 2.75) is 39.3 Å². The molecule has 1 aliphatic carbocycles. The van der Waals surface area contributed by atoms with E-state index in [1.807, 2.05) is 66.7 Å². The molecule has 0 radical (unpaired) electrons. The van der Waals surface area contributed by atoms with E-state index in [2.05, 4.69) is 34.4 Å². The molecule has 2 aliphatic rings. The van der Waals surface area contributed by atoms with Crippen molar-refractivity contribution in [1.29, 1.82) is 0 Å². The Morgan fingerprint density at radius 2 is 1.74 bits per heavy atom. The summed E-state index contributed by atoms with van der Waals surface area (Å²) in [6, 6.07) is 21.4. The van der Waals surface area contributed by atoms with Crippen LogP contribution in [-0.4, -0.2) is 23.2 Å². The minimum absolute atomic E-state index is 0.106. The molecule has 0 bridgehead atoms. The Labute approximate surface area is 206 Å². The van der Waals surface area contributed by atoms with Gasteiger partial charge >= 0.3 is 0 Å². The van der Waals surface area contributed by atoms with Gasteiger partial charge in [0.25, 0.3) is 0 Å². The number of fused-ring (bicyclic) bond motifs is 1. The number of nitrogens with zero attached hydrogens (tertiary/aromatic N) is 2. The third-order valence-corrected chi connectivity index (χ3v) is 6.67. The number of allylic oxidation sites excluding steroid dienone is 1. The molecule has 3 aromatic rings. The van der Waals surface area contributed by atoms with E-state index in [1.54, 1.807) is 12.4 Å². The Bertz CT molecular complexity index is 1270. The molecule has 0 spiro atoms. The second-order valence-corrected chi connectivity index (χ2v) is 10.0. The van der Waals surface area contributed by atoms with Crippen LogP contribution < -0.4 is 15.5 Å². The number of carbonyl (C=O) groups excluding carboxylic acids is 2. The zero-order valence-corrected chi connectivity index (χ0v) is 20.1. The minimum Gasteiger partial charge on any atom is -0.357 e. The van der Waals surface area contributed by atoms with E-state index in [9.17, 15) is 9.59 Å². The summed E-state index contributed by atoms with van der Waals surface area (Å²) in [6.45, 7) is 4.81. The van der Waals surface area contributed by atoms with Gasteiger partial charge in [0.2, 0.25) is 5.91 Å². The SMILES string of the molecule is CC1(C)CC(=O)C2=C(C1)Nc1ccccc1N(CC(=O)NCc1ccncc1)[C@H]2c1ccccc1. The van der Waals surface area contributed by atoms with Gasteiger partial charge in [0.05, 0.1) is 24.0 Å². The number of pyridine rings is 1. The monoisotopic (exact) mass is 466 g/mol. The fourth-order valence-electron chi connectivity index (χ4n) is 5.12. The molecule has 1 amide bonds. The van der Waals surface area contributed by atoms with Crippen LogP contribution in [0.5, 0.6) is 0 Å². The largest absolute Gasteiger partial charge is 0.357 e. The first kappa shape index (κ1) is 22.8. The number of para-hydroxylation sites is 2. The van der Waals surface area contributed by atoms with Gasteiger partial charge in [0, 0.05) is 36.6 Å². The number of rotatable bonds is 5. The number of anilines is 2. The summed E-state index contributed by atoms with van der Waals surface area (Å²) in [5, 5.41) is 6.62. The van der Waals surface area contributed by atoms with Gasteiger partial charge in [-0.1, -0.05) is 56.3 Å². The van der Waals surface area contributed by atoms with Crippen LogP contribution in [0, 0.1) is 5.41 Å². The van der Waals surface area contributed by atoms with Crippen LogP contribution in [0.2, 0.25) is 0 Å². The molecule has 1 aliphatic heterocycles. The first-order valence-electron chi connectivity index (χ1n) is 12.0. The molecule has 6 nitrogen and oxygen atoms in total. The van der Waals surface area contributed by atoms with Crippen LogP contribution in [0.25, 0.3) is 0 Å². The van der Waals surface area contributed by atoms with E-state index in [0.717, 1.165) is 40.2 Å². The zero-order chi connectivity index (χ0) is 24.4. The van der Waals surface area contributed by atoms with Gasteiger partial charge in [-0.3, -0.25) is 14.6 Å². The molecule has 5 rings (SSSR count). The molecule has 0 saturated carbocycles. The van der Waals surface area contributed by atoms with E-state index >= 15 is 0 Å². The summed E-state index contributed by atoms with van der Waals surface area (Å²) in [5.41, 5.74) is 5.37. The second-order valence-electron chi connectivity index (χ2n) is 10.0. The third-order valence-electron chi connectivity index (χ3n) is 6.67. The number of ketones is 1. The summed E-state index contributed by atoms with van der Waals surface area (Å²) in [4.78, 5) is 33.0. The highest BCUT2D eigenvalue weighted by Crippen LogP contribution is 2.48. The lowest BCUT2D eigenvalue weighted by molar-refractivity contribution is -0.120. The zero-order valence-electron chi connectivity index (χ0n) is 20.1. The van der Waals surface area contributed by atoms with Gasteiger partial charge < -0.3 is 15.5 Å². The van der Waals surface area contributed by atoms with Crippen LogP contribution >= 0.6 is 0 Å². The number of hydrogen-bond donors (Lipinski definition) is 2. The maximum atomic E-state index is 13.6. The normalized spacial score (nSPS) is 18.7. The lowest BCUT2D eigenvalue weighted by Gasteiger charge is -2.37. The van der Waals surface area contributed by atoms with Crippen molar-refractivity contribution < 1.29 is 9.59 Å². The molecule has 1 aromatic heterocycles. The Morgan fingerprint density at radius 3 is 2.51 bits per heavy atom. The number of aromatic nitrogens is 1. The van der Waals surface area contributed by atoms with Gasteiger partial charge in [0.1, 0.15) is 0 Å². The molecular weight excluding hydrogens is 436 g/mol. The molecule has 6 heteroatoms. The molecule has 2 aromatic carbocycles. The average molecular weight is 467 g/mol. The molecule has 0 fully saturated rings. The van der Waals surface area contributed by atoms with Crippen molar-refractivity contribution in [3.05, 3.63) is 102 Å². The summed E-state index contributed by atoms with van der Waals surface area (Å²) in [7, 11) is 0. The smallest absolute Gasteiger partial charge is 0.239 e. The van der Waals surface area contributed by atoms with Crippen molar-refractivity contribution in [3.8, 4) is 0 Å². The van der Waals surface area contributed by atoms with Crippen molar-refractivity contribution in [2.24, 2.45) is 5.41 Å². The number of amides is 1. The lowest BCUT2D eigenvalue weighted by Crippen LogP contribution is -2.41. The van der Waals surface area contributed by atoms with E-state index < -0.39 is 0 Å². The van der Waals surface area contributed by atoms with Gasteiger partial charge in [-0.25, -0.2) is 0 Å². The number of Topliss-reactive ketones (excluding diaryl/α,β-unsaturated/α-hetero) is 1. The van der Waals surface area contributed by atoms with E-state index in [-0.39, 0.29) is 29.7 Å². The van der Waals surface area contributed by atoms with Crippen molar-refractivity contribution in [2.75, 3.05) is 16.8 Å². The van der Waals surface area contributed by atoms with E-state index in [4.69, 9.17) is 0 Å². The third kappa shape index (κ3) is 4.83. The molecular formula is C29H30N4O2. The van der Waals surface area contributed by atoms with Gasteiger partial charge in [0.15, 0.2) is 5.78 Å². The van der Waals surface area contributed by atoms with Crippen LogP contribution in [0.4, 0.5) is 11.4 Å². The first-order valence-corrected chi connectivity index (χ1v) is 12.0. The molecule has 2 heterocycles. The van der Waals surface area contributed by atoms with Gasteiger partial charge in [-0.05, 0) is 47.2 Å². The second kappa shape index (κ2) is 9.37. The van der Waals surface area contributed by atoms with Crippen LogP contribution in [0.3, 0.4) is 0 Å². The summed E-state index contributed by atoms with van der Waals surface area (Å²) >= 11 is 0.